The van der Waals surface area contributed by atoms with Gasteiger partial charge in [0.2, 0.25) is 6.61 Å². The van der Waals surface area contributed by atoms with Crippen molar-refractivity contribution >= 4 is 44.8 Å². The number of benzene rings is 2. The van der Waals surface area contributed by atoms with Crippen LogP contribution in [-0.2, 0) is 30.9 Å². The molecule has 9 nitrogen and oxygen atoms in total. The monoisotopic (exact) mass is 691 g/mol. The van der Waals surface area contributed by atoms with Gasteiger partial charge in [-0.3, -0.25) is 9.63 Å². The predicted octanol–water partition coefficient (Wildman–Crippen LogP) is 5.71. The SMILES string of the molecule is Cc1cc(/C(Cc2cc(Cl)c(F)c(Cl)c2)=N/OCC(F)(F)F)ccc1C(=O)N(COC1CC1)[C@H]1CON(S(=O)(=O)C(F)F)C1. The number of rotatable bonds is 12. The number of sulfonamides is 1. The van der Waals surface area contributed by atoms with E-state index in [0.29, 0.717) is 11.1 Å². The van der Waals surface area contributed by atoms with Gasteiger partial charge in [0, 0.05) is 12.0 Å². The zero-order valence-corrected chi connectivity index (χ0v) is 25.1. The summed E-state index contributed by atoms with van der Waals surface area (Å²) in [7, 11) is -5.06. The molecule has 0 spiro atoms. The van der Waals surface area contributed by atoms with Crippen molar-refractivity contribution < 1.29 is 54.0 Å². The van der Waals surface area contributed by atoms with Gasteiger partial charge >= 0.3 is 11.9 Å². The lowest BCUT2D eigenvalue weighted by Gasteiger charge is -2.28. The summed E-state index contributed by atoms with van der Waals surface area (Å²) in [5, 5.41) is 3.00. The van der Waals surface area contributed by atoms with Gasteiger partial charge in [0.15, 0.2) is 5.82 Å². The van der Waals surface area contributed by atoms with Crippen LogP contribution in [0.2, 0.25) is 10.0 Å². The summed E-state index contributed by atoms with van der Waals surface area (Å²) in [4.78, 5) is 24.3. The fraction of sp³-hybridized carbons (Fsp3) is 0.462. The first-order chi connectivity index (χ1) is 20.6. The number of aryl methyl sites for hydroxylation is 1. The van der Waals surface area contributed by atoms with Crippen LogP contribution < -0.4 is 0 Å². The normalized spacial score (nSPS) is 18.2. The second-order valence-electron chi connectivity index (χ2n) is 10.0. The number of amides is 1. The number of nitrogens with zero attached hydrogens (tertiary/aromatic N) is 3. The minimum absolute atomic E-state index is 0.0268. The Hall–Kier alpha value is -2.63. The van der Waals surface area contributed by atoms with Gasteiger partial charge in [0.1, 0.15) is 6.73 Å². The molecule has 1 saturated carbocycles. The molecule has 44 heavy (non-hydrogen) atoms. The lowest BCUT2D eigenvalue weighted by molar-refractivity contribution is -0.173. The Kier molecular flexibility index (Phi) is 10.7. The van der Waals surface area contributed by atoms with Crippen molar-refractivity contribution in [2.75, 3.05) is 26.5 Å². The van der Waals surface area contributed by atoms with Crippen molar-refractivity contribution in [2.45, 2.75) is 50.3 Å². The third kappa shape index (κ3) is 8.54. The first-order valence-corrected chi connectivity index (χ1v) is 15.2. The van der Waals surface area contributed by atoms with Crippen LogP contribution in [0.3, 0.4) is 0 Å². The molecule has 0 radical (unpaired) electrons. The second-order valence-corrected chi connectivity index (χ2v) is 12.6. The average molecular weight is 692 g/mol. The Balaban J connectivity index is 1.61. The van der Waals surface area contributed by atoms with Gasteiger partial charge in [-0.05, 0) is 60.7 Å². The van der Waals surface area contributed by atoms with E-state index in [4.69, 9.17) is 32.8 Å². The summed E-state index contributed by atoms with van der Waals surface area (Å²) in [5.74, 6) is -5.23. The van der Waals surface area contributed by atoms with Gasteiger partial charge in [-0.15, -0.1) is 0 Å². The van der Waals surface area contributed by atoms with Gasteiger partial charge in [-0.1, -0.05) is 38.9 Å². The van der Waals surface area contributed by atoms with Gasteiger partial charge < -0.3 is 14.5 Å². The maximum atomic E-state index is 13.9. The van der Waals surface area contributed by atoms with Crippen LogP contribution in [-0.4, -0.2) is 80.0 Å². The molecule has 2 aliphatic rings. The van der Waals surface area contributed by atoms with E-state index >= 15 is 0 Å². The highest BCUT2D eigenvalue weighted by molar-refractivity contribution is 7.89. The Morgan fingerprint density at radius 3 is 2.41 bits per heavy atom. The number of hydroxylamine groups is 1. The van der Waals surface area contributed by atoms with Gasteiger partial charge in [0.05, 0.1) is 41.1 Å². The van der Waals surface area contributed by atoms with E-state index in [2.05, 4.69) is 9.99 Å². The topological polar surface area (TPSA) is 97.7 Å². The van der Waals surface area contributed by atoms with E-state index in [1.165, 1.54) is 42.2 Å². The van der Waals surface area contributed by atoms with Crippen LogP contribution in [0.25, 0.3) is 0 Å². The Bertz CT molecular complexity index is 1500. The van der Waals surface area contributed by atoms with E-state index in [9.17, 15) is 39.6 Å². The molecule has 1 heterocycles. The molecule has 242 valence electrons. The molecule has 0 bridgehead atoms. The third-order valence-electron chi connectivity index (χ3n) is 6.56. The molecule has 18 heteroatoms. The number of alkyl halides is 5. The quantitative estimate of drug-likeness (QED) is 0.0930. The van der Waals surface area contributed by atoms with E-state index in [-0.39, 0.29) is 57.2 Å². The fourth-order valence-electron chi connectivity index (χ4n) is 4.16. The zero-order chi connectivity index (χ0) is 32.4. The highest BCUT2D eigenvalue weighted by Gasteiger charge is 2.42. The molecular formula is C26H25Cl2F6N3O6S. The molecule has 0 N–H and O–H groups in total. The highest BCUT2D eigenvalue weighted by Crippen LogP contribution is 2.28. The van der Waals surface area contributed by atoms with Crippen molar-refractivity contribution in [3.63, 3.8) is 0 Å². The fourth-order valence-corrected chi connectivity index (χ4v) is 5.46. The average Bonchev–Trinajstić information content (AvgIpc) is 3.63. The minimum atomic E-state index is -5.06. The number of hydrogen-bond acceptors (Lipinski definition) is 7. The maximum Gasteiger partial charge on any atom is 0.425 e. The van der Waals surface area contributed by atoms with E-state index < -0.39 is 52.9 Å². The van der Waals surface area contributed by atoms with Crippen molar-refractivity contribution in [2.24, 2.45) is 5.16 Å². The van der Waals surface area contributed by atoms with E-state index in [1.807, 2.05) is 0 Å². The smallest absolute Gasteiger partial charge is 0.386 e. The van der Waals surface area contributed by atoms with Gasteiger partial charge in [-0.2, -0.15) is 22.0 Å². The van der Waals surface area contributed by atoms with Gasteiger partial charge in [-0.25, -0.2) is 12.8 Å². The first kappa shape index (κ1) is 34.2. The lowest BCUT2D eigenvalue weighted by atomic mass is 9.97. The van der Waals surface area contributed by atoms with Crippen molar-refractivity contribution in [3.05, 3.63) is 68.4 Å². The third-order valence-corrected chi connectivity index (χ3v) is 8.39. The summed E-state index contributed by atoms with van der Waals surface area (Å²) in [6.07, 6.45) is -3.46. The first-order valence-electron chi connectivity index (χ1n) is 12.9. The molecule has 2 fully saturated rings. The Labute approximate surface area is 258 Å². The van der Waals surface area contributed by atoms with Gasteiger partial charge in [0.25, 0.3) is 15.9 Å². The van der Waals surface area contributed by atoms with Crippen LogP contribution in [0.15, 0.2) is 35.5 Å². The second kappa shape index (κ2) is 13.8. The van der Waals surface area contributed by atoms with Crippen LogP contribution in [0.1, 0.15) is 39.9 Å². The summed E-state index contributed by atoms with van der Waals surface area (Å²) < 4.78 is 108. The summed E-state index contributed by atoms with van der Waals surface area (Å²) in [6.45, 7) is -1.37. The number of oxime groups is 1. The van der Waals surface area contributed by atoms with Crippen molar-refractivity contribution in [1.82, 2.24) is 9.37 Å². The molecule has 1 atom stereocenters. The molecule has 1 amide bonds. The molecule has 1 aliphatic heterocycles. The number of halogens is 8. The molecule has 4 rings (SSSR count). The standard InChI is InChI=1S/C26H25Cl2F6N3O6S/c1-14-6-16(22(35-42-12-26(32,33)34)9-15-7-20(27)23(29)21(28)8-15)2-5-19(14)24(38)36(13-41-18-3-4-18)17-10-37(43-11-17)44(39,40)25(30)31/h2,5-8,17-18,25H,3-4,9-13H2,1H3/b35-22+/t17-/m1/s1. The van der Waals surface area contributed by atoms with Crippen LogP contribution in [0, 0.1) is 12.7 Å². The van der Waals surface area contributed by atoms with Crippen molar-refractivity contribution in [3.8, 4) is 0 Å². The summed E-state index contributed by atoms with van der Waals surface area (Å²) in [6, 6.07) is 5.70. The molecule has 2 aromatic rings. The molecule has 1 aliphatic carbocycles. The Morgan fingerprint density at radius 1 is 1.18 bits per heavy atom. The summed E-state index contributed by atoms with van der Waals surface area (Å²) >= 11 is 11.7. The van der Waals surface area contributed by atoms with Crippen LogP contribution >= 0.6 is 23.2 Å². The Morgan fingerprint density at radius 2 is 1.84 bits per heavy atom. The molecule has 0 aromatic heterocycles. The number of carbonyl (C=O) groups is 1. The number of ether oxygens (including phenoxy) is 1. The van der Waals surface area contributed by atoms with Crippen LogP contribution in [0.4, 0.5) is 26.3 Å². The molecule has 2 aromatic carbocycles. The van der Waals surface area contributed by atoms with E-state index in [0.717, 1.165) is 12.8 Å². The molecule has 0 unspecified atom stereocenters. The largest absolute Gasteiger partial charge is 0.425 e. The summed E-state index contributed by atoms with van der Waals surface area (Å²) in [5.41, 5.74) is 0.963. The zero-order valence-electron chi connectivity index (χ0n) is 22.8. The maximum absolute atomic E-state index is 13.9. The number of carbonyl (C=O) groups excluding carboxylic acids is 1. The van der Waals surface area contributed by atoms with E-state index in [1.54, 1.807) is 0 Å². The van der Waals surface area contributed by atoms with Crippen molar-refractivity contribution in [1.29, 1.82) is 0 Å². The predicted molar refractivity (Wildman–Crippen MR) is 146 cm³/mol. The molecule has 1 saturated heterocycles. The molecular weight excluding hydrogens is 667 g/mol. The lowest BCUT2D eigenvalue weighted by Crippen LogP contribution is -2.45. The minimum Gasteiger partial charge on any atom is -0.386 e. The number of hydrogen-bond donors (Lipinski definition) is 0. The highest BCUT2D eigenvalue weighted by atomic mass is 35.5. The van der Waals surface area contributed by atoms with Crippen LogP contribution in [0.5, 0.6) is 0 Å².